The number of fused-ring (bicyclic) bond motifs is 6. The largest absolute Gasteiger partial charge is 0.310 e. The summed E-state index contributed by atoms with van der Waals surface area (Å²) in [5.41, 5.74) is 24.7. The quantitative estimate of drug-likeness (QED) is 0.150. The van der Waals surface area contributed by atoms with Gasteiger partial charge in [0.1, 0.15) is 0 Å². The predicted octanol–water partition coefficient (Wildman–Crippen LogP) is 15.8. The number of anilines is 3. The maximum atomic E-state index is 2.48. The first-order valence-corrected chi connectivity index (χ1v) is 20.8. The first kappa shape index (κ1) is 35.7. The van der Waals surface area contributed by atoms with Crippen LogP contribution in [0.25, 0.3) is 60.9 Å². The molecule has 0 N–H and O–H groups in total. The monoisotopic (exact) mass is 745 g/mol. The van der Waals surface area contributed by atoms with E-state index in [1.165, 1.54) is 105 Å². The topological polar surface area (TPSA) is 3.24 Å². The zero-order chi connectivity index (χ0) is 39.3. The van der Waals surface area contributed by atoms with Crippen molar-refractivity contribution < 1.29 is 0 Å². The van der Waals surface area contributed by atoms with Gasteiger partial charge in [-0.1, -0.05) is 152 Å². The zero-order valence-corrected chi connectivity index (χ0v) is 33.8. The molecule has 0 amide bonds. The molecule has 0 aromatic heterocycles. The molecule has 0 radical (unpaired) electrons. The van der Waals surface area contributed by atoms with Crippen molar-refractivity contribution in [3.05, 3.63) is 215 Å². The van der Waals surface area contributed by atoms with E-state index in [1.807, 2.05) is 0 Å². The van der Waals surface area contributed by atoms with E-state index in [2.05, 4.69) is 209 Å². The van der Waals surface area contributed by atoms with Crippen molar-refractivity contribution in [2.24, 2.45) is 0 Å². The van der Waals surface area contributed by atoms with E-state index >= 15 is 0 Å². The zero-order valence-electron chi connectivity index (χ0n) is 33.8. The summed E-state index contributed by atoms with van der Waals surface area (Å²) < 4.78 is 0. The summed E-state index contributed by atoms with van der Waals surface area (Å²) in [6.07, 6.45) is 7.49. The molecular formula is C57H47N. The minimum atomic E-state index is 0.932. The Hall–Kier alpha value is -6.70. The summed E-state index contributed by atoms with van der Waals surface area (Å²) >= 11 is 0. The van der Waals surface area contributed by atoms with Gasteiger partial charge >= 0.3 is 0 Å². The smallest absolute Gasteiger partial charge is 0.0543 e. The van der Waals surface area contributed by atoms with Gasteiger partial charge in [0.2, 0.25) is 0 Å². The van der Waals surface area contributed by atoms with Gasteiger partial charge in [-0.2, -0.15) is 0 Å². The molecule has 58 heavy (non-hydrogen) atoms. The van der Waals surface area contributed by atoms with Crippen LogP contribution in [0.5, 0.6) is 0 Å². The molecular weight excluding hydrogens is 699 g/mol. The van der Waals surface area contributed by atoms with Gasteiger partial charge in [-0.3, -0.25) is 0 Å². The van der Waals surface area contributed by atoms with Crippen LogP contribution in [0.1, 0.15) is 53.6 Å². The Labute approximate surface area is 343 Å². The van der Waals surface area contributed by atoms with E-state index in [1.54, 1.807) is 0 Å². The van der Waals surface area contributed by atoms with Crippen LogP contribution < -0.4 is 4.90 Å². The first-order valence-electron chi connectivity index (χ1n) is 20.8. The van der Waals surface area contributed by atoms with Crippen LogP contribution in [0.2, 0.25) is 0 Å². The second-order valence-corrected chi connectivity index (χ2v) is 16.0. The van der Waals surface area contributed by atoms with Gasteiger partial charge in [0.25, 0.3) is 0 Å². The van der Waals surface area contributed by atoms with Gasteiger partial charge < -0.3 is 4.90 Å². The molecule has 8 aromatic carbocycles. The minimum absolute atomic E-state index is 0.932. The van der Waals surface area contributed by atoms with Crippen LogP contribution in [0.15, 0.2) is 182 Å². The number of allylic oxidation sites excluding steroid dienone is 4. The Morgan fingerprint density at radius 3 is 2.09 bits per heavy atom. The molecule has 0 unspecified atom stereocenters. The standard InChI is InChI=1S/C57H47N/c1-5-13-50-39(6-2)32-46-33-43(27-30-52(46)50)42-16-11-18-48(34-42)58(56-21-12-17-45-36-55-51-20-10-8-15-41(51)26-31-53(55)57(45)56)47-28-24-40(25-29-47)44-23-22-38(4)54(35-44)49-19-9-7-14-37(49)3/h5,7-31,33-35H,6,32,36H2,1-4H3/b13-5-. The lowest BCUT2D eigenvalue weighted by atomic mass is 9.93. The molecule has 0 bridgehead atoms. The molecule has 0 saturated carbocycles. The summed E-state index contributed by atoms with van der Waals surface area (Å²) in [5, 5.41) is 2.64. The number of benzene rings is 8. The Morgan fingerprint density at radius 1 is 0.517 bits per heavy atom. The summed E-state index contributed by atoms with van der Waals surface area (Å²) in [6, 6.07) is 61.3. The third kappa shape index (κ3) is 6.10. The third-order valence-electron chi connectivity index (χ3n) is 12.6. The van der Waals surface area contributed by atoms with E-state index < -0.39 is 0 Å². The highest BCUT2D eigenvalue weighted by Gasteiger charge is 2.27. The molecule has 2 aliphatic carbocycles. The second-order valence-electron chi connectivity index (χ2n) is 16.0. The van der Waals surface area contributed by atoms with Gasteiger partial charge in [0.05, 0.1) is 5.69 Å². The van der Waals surface area contributed by atoms with Crippen molar-refractivity contribution >= 4 is 33.4 Å². The van der Waals surface area contributed by atoms with Crippen LogP contribution in [-0.2, 0) is 12.8 Å². The van der Waals surface area contributed by atoms with Crippen molar-refractivity contribution in [2.45, 2.75) is 47.0 Å². The van der Waals surface area contributed by atoms with Crippen LogP contribution in [-0.4, -0.2) is 0 Å². The van der Waals surface area contributed by atoms with Gasteiger partial charge in [-0.15, -0.1) is 0 Å². The average molecular weight is 746 g/mol. The maximum Gasteiger partial charge on any atom is 0.0543 e. The number of hydrogen-bond donors (Lipinski definition) is 0. The van der Waals surface area contributed by atoms with E-state index in [0.717, 1.165) is 30.6 Å². The van der Waals surface area contributed by atoms with E-state index in [0.29, 0.717) is 0 Å². The molecule has 1 heteroatoms. The maximum absolute atomic E-state index is 2.48. The fourth-order valence-corrected chi connectivity index (χ4v) is 9.59. The van der Waals surface area contributed by atoms with Crippen molar-refractivity contribution in [3.63, 3.8) is 0 Å². The number of aryl methyl sites for hydroxylation is 2. The van der Waals surface area contributed by atoms with E-state index in [9.17, 15) is 0 Å². The SMILES string of the molecule is C/C=C\C1=C(CC)Cc2cc(-c3cccc(N(c4ccc(-c5ccc(C)c(-c6ccccc6C)c5)cc4)c4cccc5c4-c4ccc6ccccc6c4C5)c3)ccc21. The van der Waals surface area contributed by atoms with Crippen molar-refractivity contribution in [1.82, 2.24) is 0 Å². The predicted molar refractivity (Wildman–Crippen MR) is 248 cm³/mol. The summed E-state index contributed by atoms with van der Waals surface area (Å²) in [7, 11) is 0. The number of hydrogen-bond acceptors (Lipinski definition) is 1. The highest BCUT2D eigenvalue weighted by atomic mass is 15.1. The third-order valence-corrected chi connectivity index (χ3v) is 12.6. The lowest BCUT2D eigenvalue weighted by Gasteiger charge is -2.28. The van der Waals surface area contributed by atoms with Gasteiger partial charge in [-0.25, -0.2) is 0 Å². The van der Waals surface area contributed by atoms with Gasteiger partial charge in [0.15, 0.2) is 0 Å². The molecule has 0 fully saturated rings. The number of nitrogens with zero attached hydrogens (tertiary/aromatic N) is 1. The van der Waals surface area contributed by atoms with Crippen LogP contribution in [0.3, 0.4) is 0 Å². The van der Waals surface area contributed by atoms with E-state index in [4.69, 9.17) is 0 Å². The van der Waals surface area contributed by atoms with Gasteiger partial charge in [0, 0.05) is 16.9 Å². The van der Waals surface area contributed by atoms with Gasteiger partial charge in [-0.05, 0) is 165 Å². The minimum Gasteiger partial charge on any atom is -0.310 e. The Kier molecular flexibility index (Phi) is 9.03. The summed E-state index contributed by atoms with van der Waals surface area (Å²) in [5.74, 6) is 0. The van der Waals surface area contributed by atoms with E-state index in [-0.39, 0.29) is 0 Å². The lowest BCUT2D eigenvalue weighted by Crippen LogP contribution is -2.11. The molecule has 8 aromatic rings. The molecule has 0 heterocycles. The molecule has 0 spiro atoms. The van der Waals surface area contributed by atoms with Crippen molar-refractivity contribution in [3.8, 4) is 44.5 Å². The fraction of sp³-hybridized carbons (Fsp3) is 0.123. The highest BCUT2D eigenvalue weighted by Crippen LogP contribution is 2.49. The molecule has 0 saturated heterocycles. The molecule has 0 atom stereocenters. The van der Waals surface area contributed by atoms with Crippen LogP contribution in [0, 0.1) is 13.8 Å². The molecule has 2 aliphatic rings. The van der Waals surface area contributed by atoms with Crippen molar-refractivity contribution in [2.75, 3.05) is 4.90 Å². The second kappa shape index (κ2) is 14.7. The molecule has 280 valence electrons. The number of rotatable bonds is 8. The fourth-order valence-electron chi connectivity index (χ4n) is 9.59. The Balaban J connectivity index is 1.10. The molecule has 10 rings (SSSR count). The average Bonchev–Trinajstić information content (AvgIpc) is 3.83. The Bertz CT molecular complexity index is 2960. The van der Waals surface area contributed by atoms with Crippen LogP contribution in [0.4, 0.5) is 17.1 Å². The first-order chi connectivity index (χ1) is 28.5. The Morgan fingerprint density at radius 2 is 1.24 bits per heavy atom. The van der Waals surface area contributed by atoms with Crippen LogP contribution >= 0.6 is 0 Å². The molecule has 1 nitrogen and oxygen atoms in total. The van der Waals surface area contributed by atoms with Crippen molar-refractivity contribution in [1.29, 1.82) is 0 Å². The summed E-state index contributed by atoms with van der Waals surface area (Å²) in [6.45, 7) is 8.81. The summed E-state index contributed by atoms with van der Waals surface area (Å²) in [4.78, 5) is 2.48. The highest BCUT2D eigenvalue weighted by molar-refractivity contribution is 6.00. The normalized spacial score (nSPS) is 13.0. The molecule has 0 aliphatic heterocycles. The lowest BCUT2D eigenvalue weighted by molar-refractivity contribution is 1.04.